The van der Waals surface area contributed by atoms with Crippen molar-refractivity contribution >= 4 is 23.6 Å². The monoisotopic (exact) mass is 425 g/mol. The van der Waals surface area contributed by atoms with Crippen LogP contribution in [0.4, 0.5) is 0 Å². The number of benzene rings is 2. The molecule has 4 nitrogen and oxygen atoms in total. The second-order valence-corrected chi connectivity index (χ2v) is 9.12. The van der Waals surface area contributed by atoms with Gasteiger partial charge < -0.3 is 5.11 Å². The van der Waals surface area contributed by atoms with Crippen LogP contribution in [0.1, 0.15) is 65.8 Å². The third kappa shape index (κ3) is 5.52. The Morgan fingerprint density at radius 1 is 0.933 bits per heavy atom. The molecule has 0 fully saturated rings. The lowest BCUT2D eigenvalue weighted by atomic mass is 10.0. The topological polar surface area (TPSA) is 57.6 Å². The van der Waals surface area contributed by atoms with Crippen LogP contribution >= 0.6 is 11.8 Å². The molecule has 1 aliphatic heterocycles. The van der Waals surface area contributed by atoms with E-state index in [-0.39, 0.29) is 18.4 Å². The summed E-state index contributed by atoms with van der Waals surface area (Å²) in [4.78, 5) is 27.4. The highest BCUT2D eigenvalue weighted by molar-refractivity contribution is 7.99. The van der Waals surface area contributed by atoms with Gasteiger partial charge in [-0.1, -0.05) is 51.0 Å². The van der Waals surface area contributed by atoms with Gasteiger partial charge in [-0.3, -0.25) is 14.5 Å². The maximum Gasteiger partial charge on any atom is 0.261 e. The van der Waals surface area contributed by atoms with E-state index in [1.54, 1.807) is 24.3 Å². The van der Waals surface area contributed by atoms with Crippen molar-refractivity contribution in [2.75, 3.05) is 12.3 Å². The number of β-amino-alcohol motifs (C(OH)–C–C–N with tert-alkyl or cyclic N) is 1. The summed E-state index contributed by atoms with van der Waals surface area (Å²) in [5.41, 5.74) is 1.86. The van der Waals surface area contributed by atoms with E-state index in [2.05, 4.69) is 26.0 Å². The second kappa shape index (κ2) is 10.8. The first-order valence-corrected chi connectivity index (χ1v) is 11.9. The molecule has 0 saturated carbocycles. The number of carbonyl (C=O) groups excluding carboxylic acids is 2. The molecule has 0 radical (unpaired) electrons. The molecule has 2 aromatic carbocycles. The number of amides is 2. The number of hydrogen-bond acceptors (Lipinski definition) is 4. The molecule has 30 heavy (non-hydrogen) atoms. The molecule has 0 aromatic heterocycles. The molecule has 1 unspecified atom stereocenters. The molecule has 0 aliphatic carbocycles. The summed E-state index contributed by atoms with van der Waals surface area (Å²) in [5.74, 6) is 1.21. The third-order valence-corrected chi connectivity index (χ3v) is 6.75. The molecular weight excluding hydrogens is 394 g/mol. The number of rotatable bonds is 11. The van der Waals surface area contributed by atoms with Gasteiger partial charge in [0.05, 0.1) is 23.8 Å². The van der Waals surface area contributed by atoms with Crippen LogP contribution in [0.2, 0.25) is 0 Å². The van der Waals surface area contributed by atoms with Gasteiger partial charge in [0.15, 0.2) is 0 Å². The first kappa shape index (κ1) is 22.6. The zero-order chi connectivity index (χ0) is 21.5. The first-order chi connectivity index (χ1) is 14.5. The molecule has 1 atom stereocenters. The van der Waals surface area contributed by atoms with Gasteiger partial charge >= 0.3 is 0 Å². The summed E-state index contributed by atoms with van der Waals surface area (Å²) in [6, 6.07) is 15.1. The Morgan fingerprint density at radius 2 is 1.57 bits per heavy atom. The van der Waals surface area contributed by atoms with Crippen LogP contribution in [0.25, 0.3) is 0 Å². The fraction of sp³-hybridized carbons (Fsp3) is 0.440. The molecule has 0 saturated heterocycles. The van der Waals surface area contributed by atoms with Crippen molar-refractivity contribution in [3.05, 3.63) is 65.2 Å². The van der Waals surface area contributed by atoms with E-state index in [1.165, 1.54) is 30.6 Å². The number of thioether (sulfide) groups is 1. The average Bonchev–Trinajstić information content (AvgIpc) is 2.98. The lowest BCUT2D eigenvalue weighted by Gasteiger charge is -2.19. The summed E-state index contributed by atoms with van der Waals surface area (Å²) in [6.45, 7) is 4.49. The fourth-order valence-electron chi connectivity index (χ4n) is 4.06. The maximum atomic E-state index is 12.5. The second-order valence-electron chi connectivity index (χ2n) is 8.03. The van der Waals surface area contributed by atoms with Gasteiger partial charge in [-0.25, -0.2) is 0 Å². The fourth-order valence-corrected chi connectivity index (χ4v) is 5.23. The Balaban J connectivity index is 1.57. The van der Waals surface area contributed by atoms with Crippen molar-refractivity contribution in [3.63, 3.8) is 0 Å². The van der Waals surface area contributed by atoms with Gasteiger partial charge in [0, 0.05) is 17.1 Å². The van der Waals surface area contributed by atoms with Crippen molar-refractivity contribution in [1.82, 2.24) is 4.90 Å². The quantitative estimate of drug-likeness (QED) is 0.397. The van der Waals surface area contributed by atoms with Gasteiger partial charge in [0.1, 0.15) is 0 Å². The van der Waals surface area contributed by atoms with E-state index in [9.17, 15) is 14.7 Å². The van der Waals surface area contributed by atoms with E-state index in [4.69, 9.17) is 0 Å². The van der Waals surface area contributed by atoms with E-state index >= 15 is 0 Å². The van der Waals surface area contributed by atoms with E-state index in [1.807, 2.05) is 23.9 Å². The highest BCUT2D eigenvalue weighted by Crippen LogP contribution is 2.27. The molecule has 160 valence electrons. The smallest absolute Gasteiger partial charge is 0.261 e. The lowest BCUT2D eigenvalue weighted by Crippen LogP contribution is -2.37. The van der Waals surface area contributed by atoms with Crippen molar-refractivity contribution in [1.29, 1.82) is 0 Å². The minimum absolute atomic E-state index is 0.0127. The zero-order valence-electron chi connectivity index (χ0n) is 17.8. The summed E-state index contributed by atoms with van der Waals surface area (Å²) < 4.78 is 0. The normalized spacial score (nSPS) is 14.5. The maximum absolute atomic E-state index is 12.5. The number of nitrogens with zero attached hydrogens (tertiary/aromatic N) is 1. The van der Waals surface area contributed by atoms with Gasteiger partial charge in [0.2, 0.25) is 0 Å². The molecular formula is C25H31NO3S. The van der Waals surface area contributed by atoms with Crippen LogP contribution in [0.15, 0.2) is 53.4 Å². The number of fused-ring (bicyclic) bond motifs is 1. The van der Waals surface area contributed by atoms with Crippen molar-refractivity contribution in [3.8, 4) is 0 Å². The van der Waals surface area contributed by atoms with Crippen LogP contribution in [0.3, 0.4) is 0 Å². The number of aliphatic hydroxyl groups excluding tert-OH is 1. The summed E-state index contributed by atoms with van der Waals surface area (Å²) >= 11 is 1.87. The van der Waals surface area contributed by atoms with Crippen LogP contribution < -0.4 is 0 Å². The van der Waals surface area contributed by atoms with Crippen molar-refractivity contribution < 1.29 is 14.7 Å². The summed E-state index contributed by atoms with van der Waals surface area (Å²) in [5, 5.41) is 10.6. The molecule has 3 rings (SSSR count). The van der Waals surface area contributed by atoms with E-state index < -0.39 is 6.10 Å². The van der Waals surface area contributed by atoms with Crippen LogP contribution in [0.5, 0.6) is 0 Å². The predicted molar refractivity (Wildman–Crippen MR) is 122 cm³/mol. The Bertz CT molecular complexity index is 841. The Labute approximate surface area is 183 Å². The number of imide groups is 1. The van der Waals surface area contributed by atoms with Crippen molar-refractivity contribution in [2.45, 2.75) is 57.0 Å². The highest BCUT2D eigenvalue weighted by Gasteiger charge is 2.36. The third-order valence-electron chi connectivity index (χ3n) is 5.52. The van der Waals surface area contributed by atoms with Crippen LogP contribution in [0, 0.1) is 5.92 Å². The zero-order valence-corrected chi connectivity index (χ0v) is 18.7. The molecule has 0 spiro atoms. The summed E-state index contributed by atoms with van der Waals surface area (Å²) in [7, 11) is 0. The molecule has 1 N–H and O–H groups in total. The number of carbonyl (C=O) groups is 2. The van der Waals surface area contributed by atoms with Crippen LogP contribution in [-0.4, -0.2) is 40.2 Å². The van der Waals surface area contributed by atoms with Gasteiger partial charge in [0.25, 0.3) is 11.8 Å². The Kier molecular flexibility index (Phi) is 8.11. The SMILES string of the molecule is CCCC(CCC)CSc1cccc(CC(O)CN2C(=O)c3ccccc3C2=O)c1. The summed E-state index contributed by atoms with van der Waals surface area (Å²) in [6.07, 6.45) is 4.58. The van der Waals surface area contributed by atoms with Crippen molar-refractivity contribution in [2.24, 2.45) is 5.92 Å². The number of hydrogen-bond donors (Lipinski definition) is 1. The van der Waals surface area contributed by atoms with Gasteiger partial charge in [-0.05, 0) is 48.6 Å². The van der Waals surface area contributed by atoms with Gasteiger partial charge in [-0.15, -0.1) is 11.8 Å². The van der Waals surface area contributed by atoms with E-state index in [0.29, 0.717) is 17.5 Å². The number of aliphatic hydroxyl groups is 1. The lowest BCUT2D eigenvalue weighted by molar-refractivity contribution is 0.0544. The first-order valence-electron chi connectivity index (χ1n) is 10.9. The van der Waals surface area contributed by atoms with Gasteiger partial charge in [-0.2, -0.15) is 0 Å². The minimum atomic E-state index is -0.791. The molecule has 5 heteroatoms. The predicted octanol–water partition coefficient (Wildman–Crippen LogP) is 5.19. The Hall–Kier alpha value is -2.11. The molecule has 0 bridgehead atoms. The highest BCUT2D eigenvalue weighted by atomic mass is 32.2. The minimum Gasteiger partial charge on any atom is -0.391 e. The molecule has 2 aromatic rings. The molecule has 2 amide bonds. The van der Waals surface area contributed by atoms with Crippen LogP contribution in [-0.2, 0) is 6.42 Å². The average molecular weight is 426 g/mol. The standard InChI is InChI=1S/C25H31NO3S/c1-3-8-18(9-4-2)17-30-21-11-7-10-19(15-21)14-20(27)16-26-24(28)22-12-5-6-13-23(22)25(26)29/h5-7,10-13,15,18,20,27H,3-4,8-9,14,16-17H2,1-2H3. The molecule has 1 aliphatic rings. The molecule has 1 heterocycles. The largest absolute Gasteiger partial charge is 0.391 e. The Morgan fingerprint density at radius 3 is 2.17 bits per heavy atom. The van der Waals surface area contributed by atoms with E-state index in [0.717, 1.165) is 22.1 Å².